The molecule has 0 saturated carbocycles. The normalized spacial score (nSPS) is 15.7. The molecule has 3 N–H and O–H groups in total. The molecule has 1 unspecified atom stereocenters. The molecule has 18 heavy (non-hydrogen) atoms. The Morgan fingerprint density at radius 1 is 1.28 bits per heavy atom. The quantitative estimate of drug-likeness (QED) is 0.661. The topological polar surface area (TPSA) is 58.4 Å². The maximum atomic E-state index is 11.6. The van der Waals surface area contributed by atoms with Crippen LogP contribution in [0.5, 0.6) is 0 Å². The molecule has 0 aromatic rings. The van der Waals surface area contributed by atoms with Crippen LogP contribution in [-0.2, 0) is 4.79 Å². The summed E-state index contributed by atoms with van der Waals surface area (Å²) in [5.74, 6) is -0.265. The summed E-state index contributed by atoms with van der Waals surface area (Å²) in [6.45, 7) is 12.3. The molecule has 0 saturated heterocycles. The van der Waals surface area contributed by atoms with Crippen LogP contribution in [0.2, 0.25) is 0 Å². The number of primary amides is 1. The van der Waals surface area contributed by atoms with Crippen LogP contribution in [0.4, 0.5) is 0 Å². The fourth-order valence-corrected chi connectivity index (χ4v) is 1.66. The predicted molar refractivity (Wildman–Crippen MR) is 77.5 cm³/mol. The first-order valence-corrected chi connectivity index (χ1v) is 6.95. The van der Waals surface area contributed by atoms with Crippen LogP contribution >= 0.6 is 0 Å². The second-order valence-electron chi connectivity index (χ2n) is 5.96. The number of nitrogens with zero attached hydrogens (tertiary/aromatic N) is 1. The SMILES string of the molecule is CCCNC(C)(CCN(C)C(C)(C)CC)C(N)=O. The maximum absolute atomic E-state index is 11.6. The molecule has 0 spiro atoms. The molecule has 0 aromatic carbocycles. The summed E-state index contributed by atoms with van der Waals surface area (Å²) in [7, 11) is 2.10. The molecule has 0 aliphatic heterocycles. The van der Waals surface area contributed by atoms with Gasteiger partial charge in [-0.15, -0.1) is 0 Å². The lowest BCUT2D eigenvalue weighted by Gasteiger charge is -2.37. The number of nitrogens with two attached hydrogens (primary N) is 1. The third-order valence-electron chi connectivity index (χ3n) is 4.15. The van der Waals surface area contributed by atoms with E-state index in [9.17, 15) is 4.79 Å². The number of carbonyl (C=O) groups excluding carboxylic acids is 1. The summed E-state index contributed by atoms with van der Waals surface area (Å²) in [5.41, 5.74) is 5.07. The smallest absolute Gasteiger partial charge is 0.237 e. The lowest BCUT2D eigenvalue weighted by molar-refractivity contribution is -0.124. The molecule has 0 bridgehead atoms. The van der Waals surface area contributed by atoms with E-state index in [2.05, 4.69) is 45.0 Å². The summed E-state index contributed by atoms with van der Waals surface area (Å²) >= 11 is 0. The van der Waals surface area contributed by atoms with Crippen molar-refractivity contribution in [1.82, 2.24) is 10.2 Å². The van der Waals surface area contributed by atoms with E-state index in [-0.39, 0.29) is 11.4 Å². The maximum Gasteiger partial charge on any atom is 0.237 e. The van der Waals surface area contributed by atoms with Gasteiger partial charge in [-0.05, 0) is 53.6 Å². The first-order valence-electron chi connectivity index (χ1n) is 6.95. The van der Waals surface area contributed by atoms with Crippen LogP contribution in [-0.4, -0.2) is 42.0 Å². The summed E-state index contributed by atoms with van der Waals surface area (Å²) in [6.07, 6.45) is 2.82. The van der Waals surface area contributed by atoms with Gasteiger partial charge in [0, 0.05) is 12.1 Å². The molecular weight excluding hydrogens is 226 g/mol. The molecule has 4 heteroatoms. The third kappa shape index (κ3) is 4.94. The Hall–Kier alpha value is -0.610. The van der Waals surface area contributed by atoms with Crippen molar-refractivity contribution in [2.45, 2.75) is 65.0 Å². The number of nitrogens with one attached hydrogen (secondary N) is 1. The van der Waals surface area contributed by atoms with E-state index < -0.39 is 5.54 Å². The zero-order valence-corrected chi connectivity index (χ0v) is 13.0. The monoisotopic (exact) mass is 257 g/mol. The number of hydrogen-bond donors (Lipinski definition) is 2. The van der Waals surface area contributed by atoms with Gasteiger partial charge in [-0.3, -0.25) is 4.79 Å². The Balaban J connectivity index is 4.49. The number of rotatable bonds is 9. The van der Waals surface area contributed by atoms with Gasteiger partial charge in [-0.25, -0.2) is 0 Å². The van der Waals surface area contributed by atoms with Gasteiger partial charge in [0.25, 0.3) is 0 Å². The van der Waals surface area contributed by atoms with Gasteiger partial charge in [-0.2, -0.15) is 0 Å². The number of carbonyl (C=O) groups is 1. The van der Waals surface area contributed by atoms with Crippen LogP contribution in [0.15, 0.2) is 0 Å². The van der Waals surface area contributed by atoms with E-state index in [1.54, 1.807) is 0 Å². The molecule has 0 aromatic heterocycles. The van der Waals surface area contributed by atoms with Gasteiger partial charge < -0.3 is 16.0 Å². The average Bonchev–Trinajstić information content (AvgIpc) is 2.32. The molecule has 0 aliphatic carbocycles. The highest BCUT2D eigenvalue weighted by Gasteiger charge is 2.31. The van der Waals surface area contributed by atoms with Crippen LogP contribution < -0.4 is 11.1 Å². The molecule has 0 fully saturated rings. The second-order valence-corrected chi connectivity index (χ2v) is 5.96. The van der Waals surface area contributed by atoms with E-state index in [0.717, 1.165) is 32.4 Å². The lowest BCUT2D eigenvalue weighted by atomic mass is 9.94. The standard InChI is InChI=1S/C14H31N3O/c1-7-10-16-14(5,12(15)18)9-11-17(6)13(3,4)8-2/h16H,7-11H2,1-6H3,(H2,15,18). The first-order chi connectivity index (χ1) is 8.19. The largest absolute Gasteiger partial charge is 0.368 e. The van der Waals surface area contributed by atoms with E-state index in [4.69, 9.17) is 5.73 Å². The molecular formula is C14H31N3O. The van der Waals surface area contributed by atoms with Gasteiger partial charge >= 0.3 is 0 Å². The Morgan fingerprint density at radius 2 is 1.83 bits per heavy atom. The molecule has 1 amide bonds. The van der Waals surface area contributed by atoms with Gasteiger partial charge in [0.2, 0.25) is 5.91 Å². The molecule has 0 rings (SSSR count). The van der Waals surface area contributed by atoms with Crippen molar-refractivity contribution in [3.8, 4) is 0 Å². The van der Waals surface area contributed by atoms with Crippen molar-refractivity contribution >= 4 is 5.91 Å². The highest BCUT2D eigenvalue weighted by atomic mass is 16.1. The zero-order valence-electron chi connectivity index (χ0n) is 13.0. The number of hydrogen-bond acceptors (Lipinski definition) is 3. The fraction of sp³-hybridized carbons (Fsp3) is 0.929. The van der Waals surface area contributed by atoms with Crippen molar-refractivity contribution in [1.29, 1.82) is 0 Å². The Kier molecular flexibility index (Phi) is 6.86. The van der Waals surface area contributed by atoms with Gasteiger partial charge in [0.05, 0.1) is 5.54 Å². The summed E-state index contributed by atoms with van der Waals surface area (Å²) < 4.78 is 0. The van der Waals surface area contributed by atoms with Crippen LogP contribution in [0, 0.1) is 0 Å². The Morgan fingerprint density at radius 3 is 2.22 bits per heavy atom. The molecule has 0 aliphatic rings. The molecule has 0 heterocycles. The predicted octanol–water partition coefficient (Wildman–Crippen LogP) is 1.74. The summed E-state index contributed by atoms with van der Waals surface area (Å²) in [4.78, 5) is 13.9. The van der Waals surface area contributed by atoms with Crippen molar-refractivity contribution in [3.05, 3.63) is 0 Å². The lowest BCUT2D eigenvalue weighted by Crippen LogP contribution is -2.55. The van der Waals surface area contributed by atoms with Gasteiger partial charge in [0.15, 0.2) is 0 Å². The van der Waals surface area contributed by atoms with Gasteiger partial charge in [0.1, 0.15) is 0 Å². The molecule has 4 nitrogen and oxygen atoms in total. The summed E-state index contributed by atoms with van der Waals surface area (Å²) in [5, 5.41) is 3.27. The van der Waals surface area contributed by atoms with E-state index in [0.29, 0.717) is 0 Å². The highest BCUT2D eigenvalue weighted by Crippen LogP contribution is 2.19. The average molecular weight is 257 g/mol. The van der Waals surface area contributed by atoms with Crippen LogP contribution in [0.1, 0.15) is 53.9 Å². The van der Waals surface area contributed by atoms with Crippen LogP contribution in [0.3, 0.4) is 0 Å². The van der Waals surface area contributed by atoms with Gasteiger partial charge in [-0.1, -0.05) is 13.8 Å². The molecule has 1 atom stereocenters. The van der Waals surface area contributed by atoms with Crippen LogP contribution in [0.25, 0.3) is 0 Å². The molecule has 108 valence electrons. The van der Waals surface area contributed by atoms with Crippen molar-refractivity contribution < 1.29 is 4.79 Å². The fourth-order valence-electron chi connectivity index (χ4n) is 1.66. The third-order valence-corrected chi connectivity index (χ3v) is 4.15. The van der Waals surface area contributed by atoms with E-state index in [1.807, 2.05) is 6.92 Å². The highest BCUT2D eigenvalue weighted by molar-refractivity contribution is 5.84. The van der Waals surface area contributed by atoms with Crippen molar-refractivity contribution in [3.63, 3.8) is 0 Å². The minimum Gasteiger partial charge on any atom is -0.368 e. The second kappa shape index (κ2) is 7.10. The Bertz CT molecular complexity index is 266. The summed E-state index contributed by atoms with van der Waals surface area (Å²) in [6, 6.07) is 0. The Labute approximate surface area is 112 Å². The number of amides is 1. The minimum absolute atomic E-state index is 0.156. The minimum atomic E-state index is -0.603. The van der Waals surface area contributed by atoms with E-state index >= 15 is 0 Å². The van der Waals surface area contributed by atoms with Crippen molar-refractivity contribution in [2.24, 2.45) is 5.73 Å². The zero-order chi connectivity index (χ0) is 14.4. The molecule has 0 radical (unpaired) electrons. The first kappa shape index (κ1) is 17.4. The van der Waals surface area contributed by atoms with E-state index in [1.165, 1.54) is 0 Å². The van der Waals surface area contributed by atoms with Crippen molar-refractivity contribution in [2.75, 3.05) is 20.1 Å².